The van der Waals surface area contributed by atoms with E-state index >= 15 is 0 Å². The maximum atomic E-state index is 12.4. The molecular weight excluding hydrogens is 365 g/mol. The van der Waals surface area contributed by atoms with E-state index in [0.717, 1.165) is 5.56 Å². The summed E-state index contributed by atoms with van der Waals surface area (Å²) >= 11 is 11.9. The van der Waals surface area contributed by atoms with Gasteiger partial charge < -0.3 is 14.7 Å². The van der Waals surface area contributed by atoms with Crippen LogP contribution in [0.2, 0.25) is 0 Å². The van der Waals surface area contributed by atoms with Crippen molar-refractivity contribution in [2.45, 2.75) is 43.5 Å². The van der Waals surface area contributed by atoms with Crippen molar-refractivity contribution in [2.24, 2.45) is 5.92 Å². The van der Waals surface area contributed by atoms with E-state index in [4.69, 9.17) is 27.9 Å². The second-order valence-corrected chi connectivity index (χ2v) is 8.33. The fraction of sp³-hybridized carbons (Fsp3) is 0.556. The number of aliphatic carboxylic acids is 1. The lowest BCUT2D eigenvalue weighted by Gasteiger charge is -2.37. The number of alkyl halides is 2. The number of ether oxygens (including phenoxy) is 1. The molecule has 0 unspecified atom stereocenters. The van der Waals surface area contributed by atoms with Gasteiger partial charge in [0.1, 0.15) is 10.4 Å². The molecule has 1 aliphatic rings. The highest BCUT2D eigenvalue weighted by molar-refractivity contribution is 6.44. The second-order valence-electron chi connectivity index (χ2n) is 7.24. The zero-order valence-electron chi connectivity index (χ0n) is 14.5. The Balaban J connectivity index is 2.26. The Bertz CT molecular complexity index is 642. The summed E-state index contributed by atoms with van der Waals surface area (Å²) in [7, 11) is 0. The number of amides is 1. The van der Waals surface area contributed by atoms with Crippen LogP contribution in [-0.2, 0) is 9.53 Å². The summed E-state index contributed by atoms with van der Waals surface area (Å²) < 4.78 is 5.42. The van der Waals surface area contributed by atoms with Crippen LogP contribution in [0, 0.1) is 5.92 Å². The van der Waals surface area contributed by atoms with Crippen molar-refractivity contribution in [1.29, 1.82) is 0 Å². The van der Waals surface area contributed by atoms with Gasteiger partial charge >= 0.3 is 12.1 Å². The lowest BCUT2D eigenvalue weighted by Crippen LogP contribution is -2.46. The molecule has 25 heavy (non-hydrogen) atoms. The van der Waals surface area contributed by atoms with E-state index < -0.39 is 28.4 Å². The highest BCUT2D eigenvalue weighted by Gasteiger charge is 2.38. The monoisotopic (exact) mass is 387 g/mol. The molecule has 138 valence electrons. The number of rotatable bonds is 3. The van der Waals surface area contributed by atoms with Gasteiger partial charge in [-0.3, -0.25) is 4.79 Å². The Labute approximate surface area is 157 Å². The van der Waals surface area contributed by atoms with Gasteiger partial charge in [-0.05, 0) is 38.3 Å². The Morgan fingerprint density at radius 3 is 2.56 bits per heavy atom. The predicted octanol–water partition coefficient (Wildman–Crippen LogP) is 4.59. The van der Waals surface area contributed by atoms with E-state index in [9.17, 15) is 14.7 Å². The molecule has 7 heteroatoms. The lowest BCUT2D eigenvalue weighted by molar-refractivity contribution is -0.144. The van der Waals surface area contributed by atoms with Crippen molar-refractivity contribution in [3.63, 3.8) is 0 Å². The minimum atomic E-state index is -0.868. The Kier molecular flexibility index (Phi) is 6.22. The minimum absolute atomic E-state index is 0.282. The van der Waals surface area contributed by atoms with E-state index in [1.165, 1.54) is 0 Å². The number of hydrogen-bond acceptors (Lipinski definition) is 3. The quantitative estimate of drug-likeness (QED) is 0.770. The molecule has 0 spiro atoms. The SMILES string of the molecule is CC(C)(C)OC(=O)N1CC[C@@H](C(=O)O)[C@H](c2cccc(C(Cl)Cl)c2)C1. The van der Waals surface area contributed by atoms with E-state index in [0.29, 0.717) is 18.5 Å². The number of halogens is 2. The van der Waals surface area contributed by atoms with Crippen LogP contribution in [0.15, 0.2) is 24.3 Å². The molecule has 1 amide bonds. The lowest BCUT2D eigenvalue weighted by atomic mass is 9.80. The average molecular weight is 388 g/mol. The van der Waals surface area contributed by atoms with Crippen LogP contribution in [-0.4, -0.2) is 40.8 Å². The number of carboxylic acids is 1. The van der Waals surface area contributed by atoms with Crippen LogP contribution in [0.1, 0.15) is 49.1 Å². The van der Waals surface area contributed by atoms with Crippen LogP contribution < -0.4 is 0 Å². The number of likely N-dealkylation sites (tertiary alicyclic amines) is 1. The summed E-state index contributed by atoms with van der Waals surface area (Å²) in [6, 6.07) is 7.24. The number of piperidine rings is 1. The molecule has 0 bridgehead atoms. The third-order valence-corrected chi connectivity index (χ3v) is 4.68. The van der Waals surface area contributed by atoms with Gasteiger partial charge in [-0.15, -0.1) is 23.2 Å². The van der Waals surface area contributed by atoms with Crippen molar-refractivity contribution in [3.8, 4) is 0 Å². The molecule has 1 fully saturated rings. The molecule has 1 aliphatic heterocycles. The molecule has 0 aromatic heterocycles. The Hall–Kier alpha value is -1.46. The van der Waals surface area contributed by atoms with Gasteiger partial charge in [-0.25, -0.2) is 4.79 Å². The van der Waals surface area contributed by atoms with Crippen LogP contribution >= 0.6 is 23.2 Å². The Morgan fingerprint density at radius 1 is 1.32 bits per heavy atom. The summed E-state index contributed by atoms with van der Waals surface area (Å²) in [6.07, 6.45) is -0.0562. The van der Waals surface area contributed by atoms with Gasteiger partial charge in [0.15, 0.2) is 0 Å². The van der Waals surface area contributed by atoms with E-state index in [2.05, 4.69) is 0 Å². The smallest absolute Gasteiger partial charge is 0.410 e. The van der Waals surface area contributed by atoms with Crippen LogP contribution in [0.3, 0.4) is 0 Å². The molecule has 1 aromatic carbocycles. The molecular formula is C18H23Cl2NO4. The molecule has 1 N–H and O–H groups in total. The number of carbonyl (C=O) groups is 2. The second kappa shape index (κ2) is 7.83. The summed E-state index contributed by atoms with van der Waals surface area (Å²) in [5.41, 5.74) is 0.921. The Morgan fingerprint density at radius 2 is 2.00 bits per heavy atom. The van der Waals surface area contributed by atoms with Gasteiger partial charge in [-0.1, -0.05) is 24.3 Å². The van der Waals surface area contributed by atoms with E-state index in [1.54, 1.807) is 37.8 Å². The van der Waals surface area contributed by atoms with Crippen molar-refractivity contribution >= 4 is 35.3 Å². The highest BCUT2D eigenvalue weighted by atomic mass is 35.5. The fourth-order valence-corrected chi connectivity index (χ4v) is 3.27. The number of carbonyl (C=O) groups excluding carboxylic acids is 1. The molecule has 1 heterocycles. The first-order valence-electron chi connectivity index (χ1n) is 8.17. The first-order valence-corrected chi connectivity index (χ1v) is 9.04. The van der Waals surface area contributed by atoms with E-state index in [-0.39, 0.29) is 12.5 Å². The van der Waals surface area contributed by atoms with Gasteiger partial charge in [0.25, 0.3) is 0 Å². The number of carboxylic acid groups (broad SMARTS) is 1. The summed E-state index contributed by atoms with van der Waals surface area (Å²) in [5.74, 6) is -1.78. The first-order chi connectivity index (χ1) is 11.6. The van der Waals surface area contributed by atoms with Crippen molar-refractivity contribution in [2.75, 3.05) is 13.1 Å². The molecule has 0 aliphatic carbocycles. The maximum Gasteiger partial charge on any atom is 0.410 e. The highest BCUT2D eigenvalue weighted by Crippen LogP contribution is 2.35. The fourth-order valence-electron chi connectivity index (χ4n) is 3.00. The zero-order chi connectivity index (χ0) is 18.8. The molecule has 2 atom stereocenters. The summed E-state index contributed by atoms with van der Waals surface area (Å²) in [4.78, 5) is 24.9. The number of benzene rings is 1. The third kappa shape index (κ3) is 5.25. The molecule has 0 radical (unpaired) electrons. The van der Waals surface area contributed by atoms with Gasteiger partial charge in [0.2, 0.25) is 0 Å². The third-order valence-electron chi connectivity index (χ3n) is 4.17. The standard InChI is InChI=1S/C18H23Cl2NO4/c1-18(2,3)25-17(24)21-8-7-13(16(22)23)14(10-21)11-5-4-6-12(9-11)15(19)20/h4-6,9,13-15H,7-8,10H2,1-3H3,(H,22,23)/t13-,14+/m1/s1. The average Bonchev–Trinajstić information content (AvgIpc) is 2.52. The van der Waals surface area contributed by atoms with Crippen molar-refractivity contribution < 1.29 is 19.4 Å². The molecule has 1 saturated heterocycles. The van der Waals surface area contributed by atoms with Gasteiger partial charge in [0.05, 0.1) is 5.92 Å². The first kappa shape index (κ1) is 19.9. The largest absolute Gasteiger partial charge is 0.481 e. The van der Waals surface area contributed by atoms with Crippen molar-refractivity contribution in [3.05, 3.63) is 35.4 Å². The van der Waals surface area contributed by atoms with Gasteiger partial charge in [-0.2, -0.15) is 0 Å². The molecule has 0 saturated carbocycles. The summed E-state index contributed by atoms with van der Waals surface area (Å²) in [5, 5.41) is 9.57. The molecule has 5 nitrogen and oxygen atoms in total. The molecule has 2 rings (SSSR count). The number of nitrogens with zero attached hydrogens (tertiary/aromatic N) is 1. The number of hydrogen-bond donors (Lipinski definition) is 1. The van der Waals surface area contributed by atoms with Crippen LogP contribution in [0.4, 0.5) is 4.79 Å². The minimum Gasteiger partial charge on any atom is -0.481 e. The van der Waals surface area contributed by atoms with E-state index in [1.807, 2.05) is 12.1 Å². The predicted molar refractivity (Wildman–Crippen MR) is 97.2 cm³/mol. The topological polar surface area (TPSA) is 66.8 Å². The summed E-state index contributed by atoms with van der Waals surface area (Å²) in [6.45, 7) is 6.05. The van der Waals surface area contributed by atoms with Crippen LogP contribution in [0.25, 0.3) is 0 Å². The molecule has 1 aromatic rings. The zero-order valence-corrected chi connectivity index (χ0v) is 16.0. The van der Waals surface area contributed by atoms with Crippen LogP contribution in [0.5, 0.6) is 0 Å². The maximum absolute atomic E-state index is 12.4. The normalized spacial score (nSPS) is 21.3. The van der Waals surface area contributed by atoms with Gasteiger partial charge in [0, 0.05) is 19.0 Å². The van der Waals surface area contributed by atoms with Crippen molar-refractivity contribution in [1.82, 2.24) is 4.90 Å².